The zero-order chi connectivity index (χ0) is 13.5. The van der Waals surface area contributed by atoms with Crippen molar-refractivity contribution in [2.75, 3.05) is 6.61 Å². The summed E-state index contributed by atoms with van der Waals surface area (Å²) in [4.78, 5) is 11.4. The smallest absolute Gasteiger partial charge is 0.277 e. The van der Waals surface area contributed by atoms with Gasteiger partial charge in [-0.2, -0.15) is 5.10 Å². The molecule has 5 nitrogen and oxygen atoms in total. The van der Waals surface area contributed by atoms with Gasteiger partial charge in [0.2, 0.25) is 0 Å². The summed E-state index contributed by atoms with van der Waals surface area (Å²) < 4.78 is 5.33. The number of ether oxygens (including phenoxy) is 1. The first-order valence-corrected chi connectivity index (χ1v) is 6.17. The number of phenols is 1. The molecule has 1 aliphatic carbocycles. The molecule has 0 heterocycles. The van der Waals surface area contributed by atoms with Gasteiger partial charge in [-0.1, -0.05) is 0 Å². The highest BCUT2D eigenvalue weighted by molar-refractivity contribution is 5.82. The largest absolute Gasteiger partial charge is 0.508 e. The summed E-state index contributed by atoms with van der Waals surface area (Å²) in [6, 6.07) is 6.51. The average Bonchev–Trinajstić information content (AvgIpc) is 2.92. The highest BCUT2D eigenvalue weighted by Gasteiger charge is 2.07. The van der Waals surface area contributed by atoms with Gasteiger partial charge in [0.15, 0.2) is 6.61 Å². The molecule has 1 aromatic rings. The number of benzene rings is 1. The fraction of sp³-hybridized carbons (Fsp3) is 0.286. The molecule has 100 valence electrons. The lowest BCUT2D eigenvalue weighted by molar-refractivity contribution is -0.124. The molecule has 0 fully saturated rings. The second-order valence-electron chi connectivity index (χ2n) is 4.24. The van der Waals surface area contributed by atoms with Crippen molar-refractivity contribution >= 4 is 12.1 Å². The number of aromatic hydroxyl groups is 1. The van der Waals surface area contributed by atoms with E-state index < -0.39 is 0 Å². The van der Waals surface area contributed by atoms with E-state index in [1.54, 1.807) is 24.3 Å². The summed E-state index contributed by atoms with van der Waals surface area (Å²) in [6.45, 7) is -0.0151. The van der Waals surface area contributed by atoms with Gasteiger partial charge in [-0.3, -0.25) is 4.79 Å². The molecule has 1 aliphatic rings. The van der Waals surface area contributed by atoms with E-state index in [0.29, 0.717) is 0 Å². The van der Waals surface area contributed by atoms with Crippen molar-refractivity contribution in [1.82, 2.24) is 5.43 Å². The first kappa shape index (κ1) is 13.1. The minimum atomic E-state index is -0.289. The van der Waals surface area contributed by atoms with Crippen molar-refractivity contribution in [1.29, 1.82) is 0 Å². The molecule has 0 aliphatic heterocycles. The van der Waals surface area contributed by atoms with E-state index in [1.165, 1.54) is 6.21 Å². The number of hydrazone groups is 1. The van der Waals surface area contributed by atoms with Crippen LogP contribution in [-0.4, -0.2) is 23.8 Å². The van der Waals surface area contributed by atoms with Crippen molar-refractivity contribution in [3.63, 3.8) is 0 Å². The lowest BCUT2D eigenvalue weighted by atomic mass is 10.2. The average molecular weight is 260 g/mol. The summed E-state index contributed by atoms with van der Waals surface area (Å²) in [5.74, 6) is 0.792. The Bertz CT molecular complexity index is 492. The summed E-state index contributed by atoms with van der Waals surface area (Å²) in [6.07, 6.45) is 6.54. The minimum absolute atomic E-state index is 0.0151. The fourth-order valence-corrected chi connectivity index (χ4v) is 1.70. The van der Waals surface area contributed by atoms with Crippen molar-refractivity contribution in [3.8, 4) is 5.75 Å². The maximum Gasteiger partial charge on any atom is 0.277 e. The first-order valence-electron chi connectivity index (χ1n) is 6.17. The molecule has 0 saturated carbocycles. The Kier molecular flexibility index (Phi) is 4.55. The second-order valence-corrected chi connectivity index (χ2v) is 4.24. The molecule has 1 amide bonds. The zero-order valence-electron chi connectivity index (χ0n) is 10.5. The van der Waals surface area contributed by atoms with E-state index in [9.17, 15) is 4.79 Å². The number of amides is 1. The second kappa shape index (κ2) is 6.58. The van der Waals surface area contributed by atoms with Gasteiger partial charge in [0.05, 0.1) is 12.0 Å². The van der Waals surface area contributed by atoms with Crippen LogP contribution in [-0.2, 0) is 9.53 Å². The maximum absolute atomic E-state index is 11.4. The van der Waals surface area contributed by atoms with Crippen molar-refractivity contribution in [3.05, 3.63) is 41.7 Å². The van der Waals surface area contributed by atoms with Gasteiger partial charge < -0.3 is 9.84 Å². The SMILES string of the molecule is O=C(COC1=CCCC1)N/N=C/c1ccc(O)cc1. The van der Waals surface area contributed by atoms with Gasteiger partial charge in [-0.15, -0.1) is 0 Å². The lowest BCUT2D eigenvalue weighted by Crippen LogP contribution is -2.22. The number of phenolic OH excluding ortho intramolecular Hbond substituents is 1. The van der Waals surface area contributed by atoms with E-state index >= 15 is 0 Å². The van der Waals surface area contributed by atoms with Crippen molar-refractivity contribution < 1.29 is 14.6 Å². The Morgan fingerprint density at radius 1 is 1.42 bits per heavy atom. The van der Waals surface area contributed by atoms with Crippen LogP contribution in [0.2, 0.25) is 0 Å². The van der Waals surface area contributed by atoms with Crippen LogP contribution >= 0.6 is 0 Å². The van der Waals surface area contributed by atoms with Crippen LogP contribution in [0.1, 0.15) is 24.8 Å². The summed E-state index contributed by atoms with van der Waals surface area (Å²) in [7, 11) is 0. The third-order valence-electron chi connectivity index (χ3n) is 2.68. The van der Waals surface area contributed by atoms with Gasteiger partial charge in [-0.25, -0.2) is 5.43 Å². The van der Waals surface area contributed by atoms with Gasteiger partial charge >= 0.3 is 0 Å². The van der Waals surface area contributed by atoms with E-state index in [1.807, 2.05) is 6.08 Å². The number of hydrogen-bond donors (Lipinski definition) is 2. The normalized spacial score (nSPS) is 14.4. The monoisotopic (exact) mass is 260 g/mol. The minimum Gasteiger partial charge on any atom is -0.508 e. The molecule has 0 unspecified atom stereocenters. The summed E-state index contributed by atoms with van der Waals surface area (Å²) in [5, 5.41) is 12.9. The predicted molar refractivity (Wildman–Crippen MR) is 71.7 cm³/mol. The van der Waals surface area contributed by atoms with Crippen LogP contribution in [0.5, 0.6) is 5.75 Å². The summed E-state index contributed by atoms with van der Waals surface area (Å²) >= 11 is 0. The number of hydrogen-bond acceptors (Lipinski definition) is 4. The van der Waals surface area contributed by atoms with E-state index in [4.69, 9.17) is 9.84 Å². The third kappa shape index (κ3) is 4.46. The standard InChI is InChI=1S/C14H16N2O3/c17-12-7-5-11(6-8-12)9-15-16-14(18)10-19-13-3-1-2-4-13/h3,5-9,17H,1-2,4,10H2,(H,16,18)/b15-9+. The van der Waals surface area contributed by atoms with Crippen LogP contribution in [0.25, 0.3) is 0 Å². The molecule has 0 spiro atoms. The highest BCUT2D eigenvalue weighted by Crippen LogP contribution is 2.17. The Balaban J connectivity index is 1.72. The first-order chi connectivity index (χ1) is 9.24. The van der Waals surface area contributed by atoms with E-state index in [0.717, 1.165) is 30.6 Å². The number of carbonyl (C=O) groups excluding carboxylic acids is 1. The van der Waals surface area contributed by atoms with Crippen molar-refractivity contribution in [2.45, 2.75) is 19.3 Å². The fourth-order valence-electron chi connectivity index (χ4n) is 1.70. The topological polar surface area (TPSA) is 70.9 Å². The van der Waals surface area contributed by atoms with Gasteiger partial charge in [-0.05, 0) is 48.7 Å². The Morgan fingerprint density at radius 2 is 2.21 bits per heavy atom. The molecule has 2 rings (SSSR count). The van der Waals surface area contributed by atoms with Crippen LogP contribution in [0.15, 0.2) is 41.2 Å². The van der Waals surface area contributed by atoms with E-state index in [-0.39, 0.29) is 18.3 Å². The molecule has 0 aromatic heterocycles. The number of rotatable bonds is 5. The Morgan fingerprint density at radius 3 is 2.89 bits per heavy atom. The van der Waals surface area contributed by atoms with Crippen LogP contribution < -0.4 is 5.43 Å². The van der Waals surface area contributed by atoms with Gasteiger partial charge in [0, 0.05) is 6.42 Å². The van der Waals surface area contributed by atoms with E-state index in [2.05, 4.69) is 10.5 Å². The number of nitrogens with zero attached hydrogens (tertiary/aromatic N) is 1. The highest BCUT2D eigenvalue weighted by atomic mass is 16.5. The molecule has 2 N–H and O–H groups in total. The van der Waals surface area contributed by atoms with Crippen molar-refractivity contribution in [2.24, 2.45) is 5.10 Å². The predicted octanol–water partition coefficient (Wildman–Crippen LogP) is 1.93. The number of carbonyl (C=O) groups is 1. The molecule has 0 atom stereocenters. The molecular weight excluding hydrogens is 244 g/mol. The quantitative estimate of drug-likeness (QED) is 0.627. The molecule has 0 saturated heterocycles. The molecule has 19 heavy (non-hydrogen) atoms. The zero-order valence-corrected chi connectivity index (χ0v) is 10.5. The Hall–Kier alpha value is -2.30. The van der Waals surface area contributed by atoms with Crippen LogP contribution in [0, 0.1) is 0 Å². The molecule has 5 heteroatoms. The molecule has 0 radical (unpaired) electrons. The maximum atomic E-state index is 11.4. The molecule has 1 aromatic carbocycles. The van der Waals surface area contributed by atoms with Crippen LogP contribution in [0.3, 0.4) is 0 Å². The van der Waals surface area contributed by atoms with Gasteiger partial charge in [0.1, 0.15) is 5.75 Å². The third-order valence-corrected chi connectivity index (χ3v) is 2.68. The Labute approximate surface area is 111 Å². The molecular formula is C14H16N2O3. The number of nitrogens with one attached hydrogen (secondary N) is 1. The summed E-state index contributed by atoms with van der Waals surface area (Å²) in [5.41, 5.74) is 3.17. The number of allylic oxidation sites excluding steroid dienone is 2. The van der Waals surface area contributed by atoms with Crippen LogP contribution in [0.4, 0.5) is 0 Å². The molecule has 0 bridgehead atoms. The lowest BCUT2D eigenvalue weighted by Gasteiger charge is -2.04. The van der Waals surface area contributed by atoms with Gasteiger partial charge in [0.25, 0.3) is 5.91 Å².